The summed E-state index contributed by atoms with van der Waals surface area (Å²) in [5.74, 6) is 0.367. The summed E-state index contributed by atoms with van der Waals surface area (Å²) in [6.45, 7) is 0.872. The molecule has 8 nitrogen and oxygen atoms in total. The molecule has 1 fully saturated rings. The smallest absolute Gasteiger partial charge is 0.355 e. The topological polar surface area (TPSA) is 106 Å². The van der Waals surface area contributed by atoms with Crippen LogP contribution in [0.1, 0.15) is 30.1 Å². The van der Waals surface area contributed by atoms with Crippen molar-refractivity contribution in [3.63, 3.8) is 0 Å². The standard InChI is InChI=1S/C17H17F3N6O2S/c18-17(19,20)12-5-6-14-23-24-15(26(14)10-12)11-3-2-8-25(9-11)16-13(29(21,27)28)4-1-7-22-16/h1,4-7,10-11H,2-3,8-9H2,(H2,21,27,28). The fourth-order valence-electron chi connectivity index (χ4n) is 3.58. The molecule has 0 saturated carbocycles. The Hall–Kier alpha value is -2.73. The number of sulfonamides is 1. The second-order valence-corrected chi connectivity index (χ2v) is 8.39. The van der Waals surface area contributed by atoms with Gasteiger partial charge in [-0.1, -0.05) is 0 Å². The molecule has 0 aromatic carbocycles. The molecular weight excluding hydrogens is 409 g/mol. The summed E-state index contributed by atoms with van der Waals surface area (Å²) in [7, 11) is -3.97. The van der Waals surface area contributed by atoms with Gasteiger partial charge in [0.25, 0.3) is 0 Å². The number of halogens is 3. The maximum atomic E-state index is 13.1. The van der Waals surface area contributed by atoms with Crippen molar-refractivity contribution >= 4 is 21.5 Å². The van der Waals surface area contributed by atoms with Crippen LogP contribution in [0.15, 0.2) is 41.6 Å². The Morgan fingerprint density at radius 2 is 1.97 bits per heavy atom. The largest absolute Gasteiger partial charge is 0.417 e. The van der Waals surface area contributed by atoms with Crippen molar-refractivity contribution < 1.29 is 21.6 Å². The predicted molar refractivity (Wildman–Crippen MR) is 97.8 cm³/mol. The van der Waals surface area contributed by atoms with Crippen LogP contribution < -0.4 is 10.0 Å². The van der Waals surface area contributed by atoms with Crippen LogP contribution in [0, 0.1) is 0 Å². The van der Waals surface area contributed by atoms with Crippen molar-refractivity contribution in [2.45, 2.75) is 29.8 Å². The van der Waals surface area contributed by atoms with Crippen molar-refractivity contribution in [3.8, 4) is 0 Å². The summed E-state index contributed by atoms with van der Waals surface area (Å²) in [5.41, 5.74) is -0.479. The molecule has 3 aromatic heterocycles. The third-order valence-corrected chi connectivity index (χ3v) is 5.83. The Balaban J connectivity index is 1.70. The first-order chi connectivity index (χ1) is 13.6. The Morgan fingerprint density at radius 3 is 2.69 bits per heavy atom. The highest BCUT2D eigenvalue weighted by Gasteiger charge is 2.33. The van der Waals surface area contributed by atoms with Crippen molar-refractivity contribution in [2.75, 3.05) is 18.0 Å². The summed E-state index contributed by atoms with van der Waals surface area (Å²) in [6.07, 6.45) is -0.674. The number of fused-ring (bicyclic) bond motifs is 1. The number of aromatic nitrogens is 4. The molecule has 0 amide bonds. The Labute approximate surface area is 164 Å². The highest BCUT2D eigenvalue weighted by Crippen LogP contribution is 2.33. The Bertz CT molecular complexity index is 1160. The molecule has 1 aliphatic heterocycles. The molecule has 154 valence electrons. The zero-order chi connectivity index (χ0) is 20.8. The minimum atomic E-state index is -4.48. The number of rotatable bonds is 3. The lowest BCUT2D eigenvalue weighted by atomic mass is 9.97. The first-order valence-electron chi connectivity index (χ1n) is 8.79. The monoisotopic (exact) mass is 426 g/mol. The first-order valence-corrected chi connectivity index (χ1v) is 10.3. The second-order valence-electron chi connectivity index (χ2n) is 6.86. The van der Waals surface area contributed by atoms with Gasteiger partial charge in [0, 0.05) is 31.4 Å². The minimum absolute atomic E-state index is 0.0916. The number of hydrogen-bond donors (Lipinski definition) is 1. The fourth-order valence-corrected chi connectivity index (χ4v) is 4.28. The number of anilines is 1. The van der Waals surface area contributed by atoms with Gasteiger partial charge < -0.3 is 4.90 Å². The van der Waals surface area contributed by atoms with Crippen LogP contribution in [0.5, 0.6) is 0 Å². The molecule has 0 spiro atoms. The van der Waals surface area contributed by atoms with E-state index in [9.17, 15) is 21.6 Å². The number of primary sulfonamides is 1. The van der Waals surface area contributed by atoms with Gasteiger partial charge in [0.15, 0.2) is 5.65 Å². The van der Waals surface area contributed by atoms with Crippen LogP contribution in [-0.4, -0.2) is 41.1 Å². The highest BCUT2D eigenvalue weighted by molar-refractivity contribution is 7.89. The SMILES string of the molecule is NS(=O)(=O)c1cccnc1N1CCCC(c2nnc3ccc(C(F)(F)F)cn23)C1. The summed E-state index contributed by atoms with van der Waals surface area (Å²) in [5, 5.41) is 13.4. The van der Waals surface area contributed by atoms with E-state index in [4.69, 9.17) is 5.14 Å². The number of alkyl halides is 3. The van der Waals surface area contributed by atoms with Gasteiger partial charge in [-0.3, -0.25) is 4.40 Å². The average molecular weight is 426 g/mol. The maximum Gasteiger partial charge on any atom is 0.417 e. The van der Waals surface area contributed by atoms with Gasteiger partial charge in [0.2, 0.25) is 10.0 Å². The van der Waals surface area contributed by atoms with Gasteiger partial charge in [-0.15, -0.1) is 10.2 Å². The van der Waals surface area contributed by atoms with E-state index in [-0.39, 0.29) is 16.6 Å². The third kappa shape index (κ3) is 3.77. The van der Waals surface area contributed by atoms with E-state index < -0.39 is 21.8 Å². The van der Waals surface area contributed by atoms with Crippen LogP contribution in [0.3, 0.4) is 0 Å². The normalized spacial score (nSPS) is 18.3. The molecule has 0 aliphatic carbocycles. The number of pyridine rings is 2. The molecule has 4 rings (SSSR count). The molecule has 4 heterocycles. The lowest BCUT2D eigenvalue weighted by Crippen LogP contribution is -2.37. The van der Waals surface area contributed by atoms with Gasteiger partial charge in [0.05, 0.1) is 5.56 Å². The van der Waals surface area contributed by atoms with E-state index >= 15 is 0 Å². The number of nitrogens with two attached hydrogens (primary N) is 1. The van der Waals surface area contributed by atoms with Gasteiger partial charge >= 0.3 is 6.18 Å². The minimum Gasteiger partial charge on any atom is -0.355 e. The van der Waals surface area contributed by atoms with Crippen LogP contribution >= 0.6 is 0 Å². The molecule has 2 N–H and O–H groups in total. The average Bonchev–Trinajstić information content (AvgIpc) is 3.10. The molecule has 0 bridgehead atoms. The van der Waals surface area contributed by atoms with Crippen LogP contribution in [0.25, 0.3) is 5.65 Å². The van der Waals surface area contributed by atoms with Crippen molar-refractivity contribution in [1.29, 1.82) is 0 Å². The summed E-state index contributed by atoms with van der Waals surface area (Å²) < 4.78 is 64.4. The van der Waals surface area contributed by atoms with E-state index in [1.165, 1.54) is 28.8 Å². The van der Waals surface area contributed by atoms with Gasteiger partial charge in [-0.25, -0.2) is 18.5 Å². The second kappa shape index (κ2) is 6.95. The number of nitrogens with zero attached hydrogens (tertiary/aromatic N) is 5. The molecule has 3 aromatic rings. The predicted octanol–water partition coefficient (Wildman–Crippen LogP) is 2.17. The Morgan fingerprint density at radius 1 is 1.17 bits per heavy atom. The van der Waals surface area contributed by atoms with Gasteiger partial charge in [-0.05, 0) is 37.1 Å². The first kappa shape index (κ1) is 19.6. The summed E-state index contributed by atoms with van der Waals surface area (Å²) >= 11 is 0. The summed E-state index contributed by atoms with van der Waals surface area (Å²) in [4.78, 5) is 5.84. The van der Waals surface area contributed by atoms with E-state index in [0.717, 1.165) is 12.3 Å². The highest BCUT2D eigenvalue weighted by atomic mass is 32.2. The maximum absolute atomic E-state index is 13.1. The quantitative estimate of drug-likeness (QED) is 0.688. The molecule has 1 saturated heterocycles. The molecule has 29 heavy (non-hydrogen) atoms. The molecule has 1 aliphatic rings. The molecular formula is C17H17F3N6O2S. The molecule has 0 radical (unpaired) electrons. The van der Waals surface area contributed by atoms with E-state index in [1.54, 1.807) is 4.90 Å². The lowest BCUT2D eigenvalue weighted by molar-refractivity contribution is -0.137. The number of piperidine rings is 1. The zero-order valence-electron chi connectivity index (χ0n) is 15.0. The molecule has 12 heteroatoms. The van der Waals surface area contributed by atoms with E-state index in [2.05, 4.69) is 15.2 Å². The van der Waals surface area contributed by atoms with Crippen molar-refractivity contribution in [1.82, 2.24) is 19.6 Å². The zero-order valence-corrected chi connectivity index (χ0v) is 15.9. The van der Waals surface area contributed by atoms with E-state index in [0.29, 0.717) is 37.4 Å². The van der Waals surface area contributed by atoms with Gasteiger partial charge in [0.1, 0.15) is 16.5 Å². The summed E-state index contributed by atoms with van der Waals surface area (Å²) in [6, 6.07) is 5.10. The molecule has 1 atom stereocenters. The Kier molecular flexibility index (Phi) is 4.69. The lowest BCUT2D eigenvalue weighted by Gasteiger charge is -2.33. The fraction of sp³-hybridized carbons (Fsp3) is 0.353. The van der Waals surface area contributed by atoms with Crippen LogP contribution in [0.2, 0.25) is 0 Å². The van der Waals surface area contributed by atoms with E-state index in [1.807, 2.05) is 0 Å². The van der Waals surface area contributed by atoms with Crippen LogP contribution in [-0.2, 0) is 16.2 Å². The number of hydrogen-bond acceptors (Lipinski definition) is 6. The molecule has 1 unspecified atom stereocenters. The van der Waals surface area contributed by atoms with Crippen LogP contribution in [0.4, 0.5) is 19.0 Å². The third-order valence-electron chi connectivity index (χ3n) is 4.90. The van der Waals surface area contributed by atoms with Gasteiger partial charge in [-0.2, -0.15) is 13.2 Å². The van der Waals surface area contributed by atoms with Crippen molar-refractivity contribution in [3.05, 3.63) is 48.0 Å². The van der Waals surface area contributed by atoms with Crippen molar-refractivity contribution in [2.24, 2.45) is 5.14 Å².